The van der Waals surface area contributed by atoms with Crippen LogP contribution in [0.2, 0.25) is 0 Å². The smallest absolute Gasteiger partial charge is 0.327 e. The van der Waals surface area contributed by atoms with Crippen LogP contribution in [-0.4, -0.2) is 361 Å². The van der Waals surface area contributed by atoms with Gasteiger partial charge in [-0.1, -0.05) is 80.9 Å². The number of hydrogen-bond donors (Lipinski definition) is 20. The summed E-state index contributed by atoms with van der Waals surface area (Å²) in [4.78, 5) is 325. The summed E-state index contributed by atoms with van der Waals surface area (Å²) in [6.45, 7) is 1.26. The second-order valence-corrected chi connectivity index (χ2v) is 41.3. The highest BCUT2D eigenvalue weighted by atomic mass is 32.2. The Balaban J connectivity index is 0.886. The minimum absolute atomic E-state index is 0.00552. The summed E-state index contributed by atoms with van der Waals surface area (Å²) in [5, 5.41) is 67.6. The number of aliphatic hydroxyl groups excluding tert-OH is 1. The number of nitrogens with zero attached hydrogens (tertiary/aromatic N) is 6. The van der Waals surface area contributed by atoms with E-state index < -0.39 is 266 Å². The molecule has 3 aromatic carbocycles. The number of amides is 19. The maximum absolute atomic E-state index is 15.6. The van der Waals surface area contributed by atoms with E-state index in [9.17, 15) is 77.6 Å². The van der Waals surface area contributed by atoms with Crippen LogP contribution in [0.1, 0.15) is 114 Å². The number of aliphatic carboxylic acids is 2. The first-order valence-electron chi connectivity index (χ1n) is 48.9. The van der Waals surface area contributed by atoms with Crippen molar-refractivity contribution >= 4 is 204 Å². The average Bonchev–Trinajstić information content (AvgIpc) is 1.71. The lowest BCUT2D eigenvalue weighted by atomic mass is 9.96. The summed E-state index contributed by atoms with van der Waals surface area (Å²) in [5.41, 5.74) is 9.21. The molecule has 5 aliphatic heterocycles. The molecule has 149 heavy (non-hydrogen) atoms. The molecule has 12 rings (SSSR count). The van der Waals surface area contributed by atoms with Crippen molar-refractivity contribution in [3.63, 3.8) is 0 Å². The molecule has 0 aliphatic carbocycles. The predicted octanol–water partition coefficient (Wildman–Crippen LogP) is -2.27. The molecule has 5 saturated heterocycles. The molecule has 5 fully saturated rings. The molecule has 47 nitrogen and oxygen atoms in total. The number of hydrogen-bond acceptors (Lipinski definition) is 27. The highest BCUT2D eigenvalue weighted by molar-refractivity contribution is 7.99. The number of nitrogens with two attached hydrogens (primary N) is 1. The van der Waals surface area contributed by atoms with Gasteiger partial charge in [0, 0.05) is 163 Å². The van der Waals surface area contributed by atoms with Crippen molar-refractivity contribution in [3.05, 3.63) is 138 Å². The van der Waals surface area contributed by atoms with E-state index in [-0.39, 0.29) is 125 Å². The highest BCUT2D eigenvalue weighted by Gasteiger charge is 2.46. The van der Waals surface area contributed by atoms with Gasteiger partial charge in [0.25, 0.3) is 0 Å². The molecular weight excluding hydrogens is 2010 g/mol. The van der Waals surface area contributed by atoms with E-state index in [1.165, 1.54) is 55.6 Å². The first-order chi connectivity index (χ1) is 71.5. The number of aromatic amines is 3. The molecule has 9 heterocycles. The number of nitrogens with one attached hydrogen (secondary N) is 16. The number of aliphatic hydroxyl groups is 1. The molecule has 0 spiro atoms. The van der Waals surface area contributed by atoms with Crippen LogP contribution >= 0.6 is 47.0 Å². The van der Waals surface area contributed by atoms with Crippen LogP contribution < -0.4 is 74.9 Å². The molecule has 19 amide bonds. The number of pyridine rings is 1. The maximum Gasteiger partial charge on any atom is 0.327 e. The van der Waals surface area contributed by atoms with Crippen LogP contribution in [0.4, 0.5) is 0 Å². The summed E-state index contributed by atoms with van der Waals surface area (Å²) >= 11 is 4.12. The molecule has 7 aromatic rings. The van der Waals surface area contributed by atoms with Crippen molar-refractivity contribution in [2.24, 2.45) is 11.7 Å². The van der Waals surface area contributed by atoms with Gasteiger partial charge in [0.15, 0.2) is 0 Å². The number of carbonyl (C=O) groups is 21. The number of para-hydroxylation sites is 3. The van der Waals surface area contributed by atoms with E-state index in [2.05, 4.69) is 89.1 Å². The molecule has 21 N–H and O–H groups in total. The van der Waals surface area contributed by atoms with Gasteiger partial charge in [0.05, 0.1) is 46.0 Å². The Morgan fingerprint density at radius 1 is 0.483 bits per heavy atom. The maximum atomic E-state index is 15.6. The molecule has 5 aliphatic rings. The Bertz CT molecular complexity index is 6090. The van der Waals surface area contributed by atoms with Gasteiger partial charge in [0.2, 0.25) is 112 Å². The van der Waals surface area contributed by atoms with Crippen molar-refractivity contribution in [2.75, 3.05) is 92.8 Å². The van der Waals surface area contributed by atoms with Crippen molar-refractivity contribution in [2.45, 2.75) is 202 Å². The minimum atomic E-state index is -2.18. The van der Waals surface area contributed by atoms with E-state index in [1.54, 1.807) is 123 Å². The normalized spacial score (nSPS) is 24.9. The zero-order chi connectivity index (χ0) is 107. The number of benzene rings is 3. The second-order valence-electron chi connectivity index (χ2n) is 36.9. The van der Waals surface area contributed by atoms with E-state index in [0.29, 0.717) is 61.5 Å². The summed E-state index contributed by atoms with van der Waals surface area (Å²) in [6, 6.07) is 2.37. The molecule has 0 saturated carbocycles. The van der Waals surface area contributed by atoms with E-state index >= 15 is 38.4 Å². The van der Waals surface area contributed by atoms with Crippen LogP contribution in [0, 0.1) is 5.92 Å². The highest BCUT2D eigenvalue weighted by Crippen LogP contribution is 2.29. The van der Waals surface area contributed by atoms with Gasteiger partial charge in [-0.3, -0.25) is 101 Å². The molecule has 4 bridgehead atoms. The van der Waals surface area contributed by atoms with E-state index in [0.717, 1.165) is 35.3 Å². The molecule has 15 atom stereocenters. The molecule has 4 aromatic heterocycles. The van der Waals surface area contributed by atoms with Crippen molar-refractivity contribution in [1.82, 2.24) is 114 Å². The first kappa shape index (κ1) is 113. The predicted molar refractivity (Wildman–Crippen MR) is 549 cm³/mol. The van der Waals surface area contributed by atoms with Gasteiger partial charge in [0.1, 0.15) is 84.6 Å². The summed E-state index contributed by atoms with van der Waals surface area (Å²) < 4.78 is 0. The van der Waals surface area contributed by atoms with E-state index in [1.807, 2.05) is 0 Å². The van der Waals surface area contributed by atoms with Gasteiger partial charge in [-0.15, -0.1) is 0 Å². The lowest BCUT2D eigenvalue weighted by Gasteiger charge is -2.42. The third kappa shape index (κ3) is 31.4. The van der Waals surface area contributed by atoms with E-state index in [4.69, 9.17) is 5.73 Å². The number of carboxylic acids is 2. The van der Waals surface area contributed by atoms with Crippen LogP contribution in [0.15, 0.2) is 116 Å². The number of aromatic nitrogens is 4. The van der Waals surface area contributed by atoms with Gasteiger partial charge >= 0.3 is 11.9 Å². The quantitative estimate of drug-likeness (QED) is 0.0382. The third-order valence-electron chi connectivity index (χ3n) is 26.2. The standard InChI is InChI=1S/C98H125N23O24S4/c1-5-53(2)84-95(141)112-67(37-56-43-102-63-21-10-7-18-60(56)63)88(134)115-75(98(144)145)49-149-35-28-82(128)119-51-117-50-118(52-119)81(127)27-34-148-48-74(105-54(3)123)97(143)121-31-14-23-76(121)93(139)111-68(39-58-16-12-13-29-100-58)85(131)104-45-79(125)106-73(47-147-33-26-80(117)126)92(138)107-65(25-32-146-4)86(132)110-70(41-83(129)130)90(136)109-69(40-78(99)124)89(135)108-66(36-55-42-101-62-20-9-6-17-59(55)62)87(133)114-72(46-122)91(137)113-71(38-57-44-103-64-22-11-8-19-61(57)64)96(142)120-30-15-24-77(120)94(140)116-84/h6-13,16-22,29,42-44,53,65-77,84,101-103,122H,5,14-15,23-28,30-41,45-52H2,1-4H3,(H2,99,124)(H,104,131)(H,105,123)(H,106,125)(H,107,138)(H,108,135)(H,109,136)(H,110,132)(H,111,139)(H,112,141)(H,113,137)(H,114,133)(H,115,134)(H,116,140)(H,129,130)(H,144,145)/t53-,65-,66-,67-,68-,69-,70-,71-,72-,73-,74+,75-,76-,77-,84-/m0/s1. The molecule has 800 valence electrons. The number of thioether (sulfide) groups is 4. The Labute approximate surface area is 872 Å². The fourth-order valence-corrected chi connectivity index (χ4v) is 21.4. The molecule has 0 unspecified atom stereocenters. The van der Waals surface area contributed by atoms with Gasteiger partial charge < -0.3 is 130 Å². The van der Waals surface area contributed by atoms with Gasteiger partial charge in [-0.2, -0.15) is 47.0 Å². The zero-order valence-corrected chi connectivity index (χ0v) is 85.7. The van der Waals surface area contributed by atoms with Crippen LogP contribution in [-0.2, 0) is 126 Å². The van der Waals surface area contributed by atoms with Gasteiger partial charge in [-0.05, 0) is 97.1 Å². The summed E-state index contributed by atoms with van der Waals surface area (Å²) in [5.74, 6) is -23.3. The molecule has 51 heteroatoms. The first-order valence-corrected chi connectivity index (χ1v) is 53.8. The lowest BCUT2D eigenvalue weighted by molar-refractivity contribution is -0.158. The number of rotatable bonds is 20. The van der Waals surface area contributed by atoms with Crippen molar-refractivity contribution in [3.8, 4) is 0 Å². The third-order valence-corrected chi connectivity index (χ3v) is 30.0. The largest absolute Gasteiger partial charge is 0.481 e. The fourth-order valence-electron chi connectivity index (χ4n) is 18.1. The number of H-pyrrole nitrogens is 3. The average molecular weight is 2140 g/mol. The minimum Gasteiger partial charge on any atom is -0.481 e. The second kappa shape index (κ2) is 54.5. The van der Waals surface area contributed by atoms with Crippen molar-refractivity contribution in [1.29, 1.82) is 0 Å². The number of fused-ring (bicyclic) bond motifs is 12. The fraction of sp³-hybridized carbons (Fsp3) is 0.490. The Hall–Kier alpha value is -14.3. The molecular formula is C98H125N23O24S4. The monoisotopic (exact) mass is 2140 g/mol. The zero-order valence-electron chi connectivity index (χ0n) is 82.4. The number of carbonyl (C=O) groups excluding carboxylic acids is 19. The van der Waals surface area contributed by atoms with Crippen LogP contribution in [0.25, 0.3) is 32.7 Å². The Morgan fingerprint density at radius 2 is 0.919 bits per heavy atom. The Kier molecular flexibility index (Phi) is 41.5. The lowest BCUT2D eigenvalue weighted by Crippen LogP contribution is -2.62. The summed E-state index contributed by atoms with van der Waals surface area (Å²) in [6.07, 6.45) is 3.79. The van der Waals surface area contributed by atoms with Gasteiger partial charge in [-0.25, -0.2) is 4.79 Å². The Morgan fingerprint density at radius 3 is 1.42 bits per heavy atom. The van der Waals surface area contributed by atoms with Crippen molar-refractivity contribution < 1.29 is 116 Å². The summed E-state index contributed by atoms with van der Waals surface area (Å²) in [7, 11) is 0. The topological polar surface area (TPSA) is 678 Å². The SMILES string of the molecule is CC[C@H](C)[C@@H]1NC(=O)[C@@H]2CCCN2C(=O)[C@H](Cc2c[nH]c3ccccc23)NC(=O)[C@H](CO)NC(=O)[C@H](Cc2c[nH]c3ccccc23)NC(=O)[C@H](CC(N)=O)NC(=O)[C@H](CC(=O)O)NC(=O)[C@H](CCSC)NC(=O)[C@@H]2CSCCC(=O)N3CN(CN(C3)C(=O)CCSC[C@@H](NC(C)=O)C(=O)N3CCC[C@H]3C(=O)N[C@@H](Cc3ccccn3)C(=O)NCC(=O)N2)C(=O)CCSC[C@@H](C(=O)O)NC(=O)[C@H](Cc2c[nH]c3ccccc23)NC1=O. The number of primary amides is 1. The van der Waals surface area contributed by atoms with Crippen LogP contribution in [0.5, 0.6) is 0 Å². The number of carboxylic acid groups (broad SMARTS) is 2. The van der Waals surface area contributed by atoms with Crippen LogP contribution in [0.3, 0.4) is 0 Å². The molecule has 0 radical (unpaired) electrons.